The summed E-state index contributed by atoms with van der Waals surface area (Å²) in [6.07, 6.45) is 2.45. The summed E-state index contributed by atoms with van der Waals surface area (Å²) < 4.78 is 0. The highest BCUT2D eigenvalue weighted by molar-refractivity contribution is 7.99. The van der Waals surface area contributed by atoms with Gasteiger partial charge < -0.3 is 11.5 Å². The molecule has 0 radical (unpaired) electrons. The third-order valence-corrected chi connectivity index (χ3v) is 2.30. The molecule has 0 saturated heterocycles. The minimum absolute atomic E-state index is 0.182. The summed E-state index contributed by atoms with van der Waals surface area (Å²) in [7, 11) is 0. The van der Waals surface area contributed by atoms with Gasteiger partial charge in [0.25, 0.3) is 0 Å². The largest absolute Gasteiger partial charge is 0.370 e. The monoisotopic (exact) mass is 175 g/mol. The second-order valence-electron chi connectivity index (χ2n) is 2.38. The molecule has 1 unspecified atom stereocenters. The van der Waals surface area contributed by atoms with Crippen LogP contribution in [0.15, 0.2) is 4.99 Å². The summed E-state index contributed by atoms with van der Waals surface area (Å²) in [5.41, 5.74) is 10.4. The molecular formula is C7H17N3S. The normalized spacial score (nSPS) is 12.5. The van der Waals surface area contributed by atoms with Gasteiger partial charge in [-0.15, -0.1) is 11.8 Å². The third-order valence-electron chi connectivity index (χ3n) is 1.19. The number of guanidine groups is 1. The fraction of sp³-hybridized carbons (Fsp3) is 0.857. The number of unbranched alkanes of at least 4 members (excludes halogenated alkanes) is 1. The standard InChI is InChI=1S/C7H17N3S/c1-3-4-5-11-6(2)10-7(8)9/h6H,3-5H2,1-2H3,(H4,8,9,10). The van der Waals surface area contributed by atoms with E-state index in [0.29, 0.717) is 0 Å². The van der Waals surface area contributed by atoms with Crippen LogP contribution in [0, 0.1) is 0 Å². The van der Waals surface area contributed by atoms with E-state index in [0.717, 1.165) is 5.75 Å². The average Bonchev–Trinajstić information content (AvgIpc) is 1.86. The Hall–Kier alpha value is -0.380. The maximum atomic E-state index is 5.21. The van der Waals surface area contributed by atoms with Gasteiger partial charge >= 0.3 is 0 Å². The van der Waals surface area contributed by atoms with E-state index in [9.17, 15) is 0 Å². The fourth-order valence-corrected chi connectivity index (χ4v) is 1.64. The SMILES string of the molecule is CCCCSC(C)N=C(N)N. The van der Waals surface area contributed by atoms with Gasteiger partial charge in [-0.2, -0.15) is 0 Å². The molecule has 0 aromatic heterocycles. The molecule has 0 aliphatic carbocycles. The van der Waals surface area contributed by atoms with Gasteiger partial charge in [0.15, 0.2) is 5.96 Å². The van der Waals surface area contributed by atoms with Crippen LogP contribution >= 0.6 is 11.8 Å². The molecule has 0 spiro atoms. The second kappa shape index (κ2) is 6.34. The van der Waals surface area contributed by atoms with Crippen molar-refractivity contribution in [2.45, 2.75) is 32.1 Å². The van der Waals surface area contributed by atoms with Crippen LogP contribution in [0.3, 0.4) is 0 Å². The molecule has 0 rings (SSSR count). The quantitative estimate of drug-likeness (QED) is 0.374. The summed E-state index contributed by atoms with van der Waals surface area (Å²) in [6.45, 7) is 4.17. The zero-order chi connectivity index (χ0) is 8.69. The topological polar surface area (TPSA) is 64.4 Å². The lowest BCUT2D eigenvalue weighted by Gasteiger charge is -2.04. The lowest BCUT2D eigenvalue weighted by Crippen LogP contribution is -2.24. The van der Waals surface area contributed by atoms with E-state index >= 15 is 0 Å². The van der Waals surface area contributed by atoms with Crippen molar-refractivity contribution in [3.63, 3.8) is 0 Å². The summed E-state index contributed by atoms with van der Waals surface area (Å²) in [5, 5.41) is 0.201. The van der Waals surface area contributed by atoms with Crippen LogP contribution in [0.5, 0.6) is 0 Å². The van der Waals surface area contributed by atoms with Gasteiger partial charge in [0, 0.05) is 0 Å². The van der Waals surface area contributed by atoms with Crippen molar-refractivity contribution in [1.29, 1.82) is 0 Å². The molecule has 0 aromatic carbocycles. The Labute approximate surface area is 72.6 Å². The molecule has 4 heteroatoms. The Bertz CT molecular complexity index is 121. The van der Waals surface area contributed by atoms with E-state index < -0.39 is 0 Å². The van der Waals surface area contributed by atoms with E-state index in [4.69, 9.17) is 11.5 Å². The summed E-state index contributed by atoms with van der Waals surface area (Å²) in [5.74, 6) is 1.32. The van der Waals surface area contributed by atoms with Gasteiger partial charge in [-0.05, 0) is 19.1 Å². The van der Waals surface area contributed by atoms with Gasteiger partial charge in [-0.1, -0.05) is 13.3 Å². The molecule has 0 amide bonds. The highest BCUT2D eigenvalue weighted by atomic mass is 32.2. The Morgan fingerprint density at radius 1 is 1.55 bits per heavy atom. The van der Waals surface area contributed by atoms with E-state index in [1.165, 1.54) is 12.8 Å². The van der Waals surface area contributed by atoms with Crippen molar-refractivity contribution < 1.29 is 0 Å². The maximum Gasteiger partial charge on any atom is 0.187 e. The van der Waals surface area contributed by atoms with E-state index in [1.807, 2.05) is 6.92 Å². The molecule has 4 N–H and O–H groups in total. The third kappa shape index (κ3) is 7.52. The number of nitrogens with zero attached hydrogens (tertiary/aromatic N) is 1. The lowest BCUT2D eigenvalue weighted by molar-refractivity contribution is 0.890. The molecule has 0 bridgehead atoms. The van der Waals surface area contributed by atoms with E-state index in [2.05, 4.69) is 11.9 Å². The van der Waals surface area contributed by atoms with Gasteiger partial charge in [0.05, 0.1) is 5.37 Å². The van der Waals surface area contributed by atoms with Gasteiger partial charge in [0.1, 0.15) is 0 Å². The Morgan fingerprint density at radius 2 is 2.18 bits per heavy atom. The predicted molar refractivity (Wildman–Crippen MR) is 52.6 cm³/mol. The Balaban J connectivity index is 3.37. The summed E-state index contributed by atoms with van der Waals surface area (Å²) in [6, 6.07) is 0. The van der Waals surface area contributed by atoms with Crippen LogP contribution in [-0.2, 0) is 0 Å². The van der Waals surface area contributed by atoms with Crippen molar-refractivity contribution in [3.8, 4) is 0 Å². The van der Waals surface area contributed by atoms with Crippen LogP contribution in [-0.4, -0.2) is 17.1 Å². The molecule has 0 aliphatic rings. The molecule has 66 valence electrons. The number of rotatable bonds is 5. The number of thioether (sulfide) groups is 1. The van der Waals surface area contributed by atoms with Crippen molar-refractivity contribution in [2.75, 3.05) is 5.75 Å². The predicted octanol–water partition coefficient (Wildman–Crippen LogP) is 1.14. The fourth-order valence-electron chi connectivity index (χ4n) is 0.645. The molecule has 0 fully saturated rings. The zero-order valence-electron chi connectivity index (χ0n) is 7.21. The van der Waals surface area contributed by atoms with Crippen LogP contribution < -0.4 is 11.5 Å². The van der Waals surface area contributed by atoms with Crippen LogP contribution in [0.1, 0.15) is 26.7 Å². The van der Waals surface area contributed by atoms with Gasteiger partial charge in [-0.3, -0.25) is 0 Å². The lowest BCUT2D eigenvalue weighted by atomic mass is 10.4. The molecule has 0 saturated carbocycles. The van der Waals surface area contributed by atoms with E-state index in [-0.39, 0.29) is 11.3 Å². The molecule has 0 aliphatic heterocycles. The summed E-state index contributed by atoms with van der Waals surface area (Å²) in [4.78, 5) is 3.98. The van der Waals surface area contributed by atoms with Crippen molar-refractivity contribution in [3.05, 3.63) is 0 Å². The first-order chi connectivity index (χ1) is 5.16. The first kappa shape index (κ1) is 10.6. The van der Waals surface area contributed by atoms with Crippen molar-refractivity contribution in [2.24, 2.45) is 16.5 Å². The number of hydrogen-bond acceptors (Lipinski definition) is 2. The van der Waals surface area contributed by atoms with Crippen molar-refractivity contribution >= 4 is 17.7 Å². The number of aliphatic imine (C=N–C) groups is 1. The number of nitrogens with two attached hydrogens (primary N) is 2. The van der Waals surface area contributed by atoms with Gasteiger partial charge in [0.2, 0.25) is 0 Å². The molecule has 1 atom stereocenters. The zero-order valence-corrected chi connectivity index (χ0v) is 8.03. The Kier molecular flexibility index (Phi) is 6.12. The Morgan fingerprint density at radius 3 is 2.64 bits per heavy atom. The van der Waals surface area contributed by atoms with E-state index in [1.54, 1.807) is 11.8 Å². The first-order valence-corrected chi connectivity index (χ1v) is 4.92. The smallest absolute Gasteiger partial charge is 0.187 e. The minimum Gasteiger partial charge on any atom is -0.370 e. The van der Waals surface area contributed by atoms with Crippen LogP contribution in [0.2, 0.25) is 0 Å². The molecule has 0 aromatic rings. The summed E-state index contributed by atoms with van der Waals surface area (Å²) >= 11 is 1.78. The second-order valence-corrected chi connectivity index (χ2v) is 3.80. The molecule has 11 heavy (non-hydrogen) atoms. The number of hydrogen-bond donors (Lipinski definition) is 2. The van der Waals surface area contributed by atoms with Crippen LogP contribution in [0.4, 0.5) is 0 Å². The minimum atomic E-state index is 0.182. The highest BCUT2D eigenvalue weighted by Gasteiger charge is 1.97. The molecular weight excluding hydrogens is 158 g/mol. The van der Waals surface area contributed by atoms with Gasteiger partial charge in [-0.25, -0.2) is 4.99 Å². The average molecular weight is 175 g/mol. The molecule has 0 heterocycles. The highest BCUT2D eigenvalue weighted by Crippen LogP contribution is 2.12. The van der Waals surface area contributed by atoms with Crippen LogP contribution in [0.25, 0.3) is 0 Å². The molecule has 3 nitrogen and oxygen atoms in total. The maximum absolute atomic E-state index is 5.21. The van der Waals surface area contributed by atoms with Crippen molar-refractivity contribution in [1.82, 2.24) is 0 Å². The first-order valence-electron chi connectivity index (χ1n) is 3.87.